The lowest BCUT2D eigenvalue weighted by molar-refractivity contribution is 0.114. The summed E-state index contributed by atoms with van der Waals surface area (Å²) in [5, 5.41) is 43.1. The normalized spacial score (nSPS) is 11.9. The molecule has 0 unspecified atom stereocenters. The molecule has 47 heavy (non-hydrogen) atoms. The Morgan fingerprint density at radius 3 is 1.96 bits per heavy atom. The number of benzene rings is 1. The molecule has 0 aliphatic carbocycles. The number of hydrogen-bond acceptors (Lipinski definition) is 10. The number of amidine groups is 2. The van der Waals surface area contributed by atoms with Gasteiger partial charge in [-0.1, -0.05) is 56.4 Å². The molecule has 0 aromatic heterocycles. The molecule has 0 aliphatic heterocycles. The van der Waals surface area contributed by atoms with Crippen molar-refractivity contribution in [3.05, 3.63) is 35.4 Å². The number of nitrogens with one attached hydrogen (secondary N) is 1. The topological polar surface area (TPSA) is 206 Å². The van der Waals surface area contributed by atoms with Gasteiger partial charge in [-0.25, -0.2) is 0 Å². The summed E-state index contributed by atoms with van der Waals surface area (Å²) in [7, 11) is -1.25. The molecule has 1 aromatic rings. The van der Waals surface area contributed by atoms with Crippen molar-refractivity contribution < 1.29 is 34.4 Å². The zero-order valence-electron chi connectivity index (χ0n) is 28.2. The van der Waals surface area contributed by atoms with Gasteiger partial charge in [-0.05, 0) is 45.7 Å². The molecule has 1 aromatic carbocycles. The number of carbonyl (C=O) groups excluding carboxylic acids is 2. The molecular formula is C27H49B6N7O7. The molecule has 0 spiro atoms. The maximum atomic E-state index is 11.2. The van der Waals surface area contributed by atoms with Crippen LogP contribution in [0.25, 0.3) is 0 Å². The summed E-state index contributed by atoms with van der Waals surface area (Å²) in [4.78, 5) is 37.1. The molecule has 20 heteroatoms. The minimum Gasteiger partial charge on any atom is -0.433 e. The van der Waals surface area contributed by atoms with Gasteiger partial charge >= 0.3 is 43.0 Å². The average molecular weight is 649 g/mol. The number of nitrogens with zero attached hydrogens (tertiary/aromatic N) is 5. The third-order valence-electron chi connectivity index (χ3n) is 6.97. The molecule has 252 valence electrons. The Bertz CT molecular complexity index is 1120. The number of guanidine groups is 1. The molecule has 0 aliphatic rings. The number of unbranched alkanes of at least 4 members (excludes halogenated alkanes) is 6. The molecule has 7 N–H and O–H groups in total. The Morgan fingerprint density at radius 1 is 0.851 bits per heavy atom. The van der Waals surface area contributed by atoms with Crippen molar-refractivity contribution >= 4 is 73.0 Å². The van der Waals surface area contributed by atoms with Gasteiger partial charge < -0.3 is 64.8 Å². The molecule has 0 amide bonds. The Kier molecular flexibility index (Phi) is 22.4. The fraction of sp³-hybridized carbons (Fsp3) is 0.593. The zero-order valence-corrected chi connectivity index (χ0v) is 28.2. The fourth-order valence-electron chi connectivity index (χ4n) is 4.73. The van der Waals surface area contributed by atoms with Gasteiger partial charge in [0, 0.05) is 25.1 Å². The van der Waals surface area contributed by atoms with E-state index in [0.717, 1.165) is 65.3 Å². The minimum absolute atomic E-state index is 0.229. The number of nitrogens with two attached hydrogens (primary N) is 1. The number of ether oxygens (including phenoxy) is 1. The van der Waals surface area contributed by atoms with Crippen LogP contribution >= 0.6 is 0 Å². The average Bonchev–Trinajstić information content (AvgIpc) is 3.01. The smallest absolute Gasteiger partial charge is 0.429 e. The van der Waals surface area contributed by atoms with E-state index in [1.807, 2.05) is 12.1 Å². The summed E-state index contributed by atoms with van der Waals surface area (Å²) in [6.07, 6.45) is 8.45. The zero-order chi connectivity index (χ0) is 35.0. The van der Waals surface area contributed by atoms with Crippen molar-refractivity contribution in [3.63, 3.8) is 0 Å². The first-order chi connectivity index (χ1) is 22.5. The lowest BCUT2D eigenvalue weighted by atomic mass is 9.81. The molecular weight excluding hydrogens is 599 g/mol. The van der Waals surface area contributed by atoms with Gasteiger partial charge in [-0.3, -0.25) is 4.90 Å². The minimum atomic E-state index is -0.967. The van der Waals surface area contributed by atoms with E-state index in [0.29, 0.717) is 43.3 Å². The van der Waals surface area contributed by atoms with Gasteiger partial charge in [0.1, 0.15) is 18.2 Å². The molecule has 0 bridgehead atoms. The van der Waals surface area contributed by atoms with Gasteiger partial charge in [0.2, 0.25) is 0 Å². The van der Waals surface area contributed by atoms with Crippen molar-refractivity contribution in [3.8, 4) is 0 Å². The Morgan fingerprint density at radius 2 is 1.40 bits per heavy atom. The summed E-state index contributed by atoms with van der Waals surface area (Å²) in [6.45, 7) is 7.65. The first-order valence-corrected chi connectivity index (χ1v) is 16.2. The third-order valence-corrected chi connectivity index (χ3v) is 6.97. The number of hydrogen-bond donors (Lipinski definition) is 6. The molecule has 0 fully saturated rings. The summed E-state index contributed by atoms with van der Waals surface area (Å²) < 4.78 is 5.85. The van der Waals surface area contributed by atoms with E-state index in [9.17, 15) is 29.7 Å². The molecule has 2 radical (unpaired) electrons. The highest BCUT2D eigenvalue weighted by molar-refractivity contribution is 6.67. The van der Waals surface area contributed by atoms with Crippen molar-refractivity contribution in [2.75, 3.05) is 19.7 Å². The van der Waals surface area contributed by atoms with Crippen LogP contribution in [-0.4, -0.2) is 122 Å². The summed E-state index contributed by atoms with van der Waals surface area (Å²) >= 11 is 0. The van der Waals surface area contributed by atoms with Crippen LogP contribution in [-0.2, 0) is 20.9 Å². The second kappa shape index (κ2) is 25.0. The van der Waals surface area contributed by atoms with Crippen molar-refractivity contribution in [2.24, 2.45) is 20.4 Å². The van der Waals surface area contributed by atoms with Crippen LogP contribution in [0.5, 0.6) is 0 Å². The Hall–Kier alpha value is -3.04. The lowest BCUT2D eigenvalue weighted by Gasteiger charge is -2.36. The van der Waals surface area contributed by atoms with E-state index in [1.165, 1.54) is 0 Å². The van der Waals surface area contributed by atoms with Gasteiger partial charge in [-0.15, -0.1) is 0 Å². The van der Waals surface area contributed by atoms with E-state index < -0.39 is 28.2 Å². The van der Waals surface area contributed by atoms with E-state index in [2.05, 4.69) is 19.9 Å². The van der Waals surface area contributed by atoms with Gasteiger partial charge in [0.25, 0.3) is 0 Å². The molecule has 0 atom stereocenters. The quantitative estimate of drug-likeness (QED) is 0.0290. The molecule has 14 nitrogen and oxygen atoms in total. The van der Waals surface area contributed by atoms with Gasteiger partial charge in [0.15, 0.2) is 5.96 Å². The van der Waals surface area contributed by atoms with Crippen molar-refractivity contribution in [2.45, 2.75) is 85.3 Å². The highest BCUT2D eigenvalue weighted by Crippen LogP contribution is 2.12. The summed E-state index contributed by atoms with van der Waals surface area (Å²) in [5.74, 6) is 1.11. The first kappa shape index (κ1) is 42.0. The largest absolute Gasteiger partial charge is 0.433 e. The van der Waals surface area contributed by atoms with Crippen molar-refractivity contribution in [1.29, 1.82) is 0 Å². The second-order valence-electron chi connectivity index (χ2n) is 11.2. The highest BCUT2D eigenvalue weighted by Gasteiger charge is 2.28. The van der Waals surface area contributed by atoms with Crippen LogP contribution in [0.1, 0.15) is 62.5 Å². The predicted molar refractivity (Wildman–Crippen MR) is 196 cm³/mol. The monoisotopic (exact) mass is 649 g/mol. The summed E-state index contributed by atoms with van der Waals surface area (Å²) in [6, 6.07) is 7.24. The third kappa shape index (κ3) is 18.8. The van der Waals surface area contributed by atoms with Crippen LogP contribution in [0.3, 0.4) is 0 Å². The predicted octanol–water partition coefficient (Wildman–Crippen LogP) is 0.0374. The van der Waals surface area contributed by atoms with Crippen LogP contribution in [0.4, 0.5) is 0 Å². The summed E-state index contributed by atoms with van der Waals surface area (Å²) in [5.41, 5.74) is 7.41. The Labute approximate surface area is 282 Å². The van der Waals surface area contributed by atoms with E-state index in [-0.39, 0.29) is 24.9 Å². The SMILES string of the molecule is CB(O)N=C(CCCCCCCCCN(B(C)O)C(=N[B]C=O)N(CCOCc1ccc(C(N)=N[B]C=O)cc1)B(C)O)NB(C)O. The fourth-order valence-corrected chi connectivity index (χ4v) is 4.73. The van der Waals surface area contributed by atoms with Crippen LogP contribution in [0, 0.1) is 0 Å². The second-order valence-corrected chi connectivity index (χ2v) is 11.2. The van der Waals surface area contributed by atoms with Crippen molar-refractivity contribution in [1.82, 2.24) is 14.8 Å². The van der Waals surface area contributed by atoms with Gasteiger partial charge in [-0.2, -0.15) is 0 Å². The maximum Gasteiger partial charge on any atom is 0.429 e. The number of carbonyl (C=O) groups is 2. The Balaban J connectivity index is 2.62. The van der Waals surface area contributed by atoms with E-state index in [4.69, 9.17) is 10.5 Å². The standard InChI is InChI=1S/C27H49B6N7O7/c1-30(43)37-25(38-31(2)44)12-10-8-6-5-7-9-11-17-39(32(3)45)27(36-29-22-42)40(33(4)46)18-19-47-20-23-13-15-24(16-14-23)26(34)35-28-21-41/h13-16,21-22,43-46H,5-12,17-20H2,1-4H3,(H2,34,35)(H,37,38). The molecule has 0 saturated heterocycles. The first-order valence-electron chi connectivity index (χ1n) is 16.2. The lowest BCUT2D eigenvalue weighted by Crippen LogP contribution is -2.56. The highest BCUT2D eigenvalue weighted by atomic mass is 16.5. The number of rotatable bonds is 24. The maximum absolute atomic E-state index is 11.2. The van der Waals surface area contributed by atoms with Crippen LogP contribution in [0.2, 0.25) is 27.3 Å². The van der Waals surface area contributed by atoms with E-state index in [1.54, 1.807) is 49.0 Å². The molecule has 0 saturated carbocycles. The van der Waals surface area contributed by atoms with Crippen LogP contribution in [0.15, 0.2) is 39.0 Å². The van der Waals surface area contributed by atoms with E-state index >= 15 is 0 Å². The molecule has 1 rings (SSSR count). The van der Waals surface area contributed by atoms with Crippen LogP contribution < -0.4 is 11.0 Å². The van der Waals surface area contributed by atoms with Gasteiger partial charge in [0.05, 0.1) is 19.0 Å². The molecule has 0 heterocycles.